The second-order valence-electron chi connectivity index (χ2n) is 8.86. The maximum Gasteiger partial charge on any atom is 0.417 e. The number of carbonyl (C=O) groups is 1. The highest BCUT2D eigenvalue weighted by atomic mass is 19.4. The molecule has 3 aromatic rings. The number of nitrogens with zero attached hydrogens (tertiary/aromatic N) is 4. The van der Waals surface area contributed by atoms with Crippen molar-refractivity contribution in [2.24, 2.45) is 17.8 Å². The third-order valence-electron chi connectivity index (χ3n) is 7.08. The van der Waals surface area contributed by atoms with Gasteiger partial charge >= 0.3 is 6.18 Å². The van der Waals surface area contributed by atoms with Crippen LogP contribution in [0, 0.1) is 23.6 Å². The molecule has 2 aromatic heterocycles. The fourth-order valence-electron chi connectivity index (χ4n) is 5.60. The summed E-state index contributed by atoms with van der Waals surface area (Å²) in [6, 6.07) is 7.79. The number of halogens is 4. The molecule has 0 radical (unpaired) electrons. The van der Waals surface area contributed by atoms with Gasteiger partial charge in [-0.05, 0) is 42.4 Å². The molecule has 0 N–H and O–H groups in total. The Morgan fingerprint density at radius 1 is 1.03 bits per heavy atom. The highest BCUT2D eigenvalue weighted by Crippen LogP contribution is 2.64. The Morgan fingerprint density at radius 3 is 2.53 bits per heavy atom. The molecule has 3 heterocycles. The van der Waals surface area contributed by atoms with E-state index in [9.17, 15) is 22.4 Å². The van der Waals surface area contributed by atoms with Gasteiger partial charge in [-0.25, -0.2) is 19.3 Å². The minimum atomic E-state index is -4.48. The van der Waals surface area contributed by atoms with Gasteiger partial charge in [-0.3, -0.25) is 4.79 Å². The Bertz CT molecular complexity index is 1250. The summed E-state index contributed by atoms with van der Waals surface area (Å²) in [5, 5.41) is 0. The van der Waals surface area contributed by atoms with Crippen LogP contribution in [-0.2, 0) is 6.18 Å². The van der Waals surface area contributed by atoms with Crippen molar-refractivity contribution in [3.05, 3.63) is 71.9 Å². The number of piperidine rings is 1. The number of ether oxygens (including phenoxy) is 1. The summed E-state index contributed by atoms with van der Waals surface area (Å²) >= 11 is 0. The summed E-state index contributed by atoms with van der Waals surface area (Å²) < 4.78 is 59.4. The lowest BCUT2D eigenvalue weighted by atomic mass is 10.0. The fraction of sp³-hybridized carbons (Fsp3) is 0.333. The topological polar surface area (TPSA) is 68.2 Å². The van der Waals surface area contributed by atoms with Crippen molar-refractivity contribution < 1.29 is 27.1 Å². The Hall–Kier alpha value is -3.56. The van der Waals surface area contributed by atoms with Gasteiger partial charge in [-0.1, -0.05) is 12.1 Å². The molecular formula is C24H18F4N4O2. The Balaban J connectivity index is 1.27. The fourth-order valence-corrected chi connectivity index (χ4v) is 5.60. The summed E-state index contributed by atoms with van der Waals surface area (Å²) in [4.78, 5) is 27.4. The van der Waals surface area contributed by atoms with Crippen molar-refractivity contribution in [3.8, 4) is 17.3 Å². The average Bonchev–Trinajstić information content (AvgIpc) is 3.18. The molecule has 0 spiro atoms. The zero-order valence-corrected chi connectivity index (χ0v) is 17.6. The molecule has 1 aliphatic heterocycles. The molecular weight excluding hydrogens is 452 g/mol. The molecule has 3 fully saturated rings. The van der Waals surface area contributed by atoms with E-state index in [2.05, 4.69) is 15.0 Å². The molecule has 3 aliphatic rings. The summed E-state index contributed by atoms with van der Waals surface area (Å²) in [5.74, 6) is 0.162. The highest BCUT2D eigenvalue weighted by molar-refractivity contribution is 6.01. The number of pyridine rings is 1. The summed E-state index contributed by atoms with van der Waals surface area (Å²) in [5.41, 5.74) is -0.644. The number of hydrogen-bond acceptors (Lipinski definition) is 5. The number of fused-ring (bicyclic) bond motifs is 1. The predicted molar refractivity (Wildman–Crippen MR) is 111 cm³/mol. The van der Waals surface area contributed by atoms with Gasteiger partial charge in [0.05, 0.1) is 17.2 Å². The van der Waals surface area contributed by atoms with Crippen molar-refractivity contribution >= 4 is 5.91 Å². The van der Waals surface area contributed by atoms with Crippen molar-refractivity contribution in [1.29, 1.82) is 0 Å². The van der Waals surface area contributed by atoms with Gasteiger partial charge in [0.15, 0.2) is 5.82 Å². The Labute approximate surface area is 191 Å². The molecule has 2 aliphatic carbocycles. The number of hydrogen-bond donors (Lipinski definition) is 0. The molecule has 6 rings (SSSR count). The van der Waals surface area contributed by atoms with E-state index in [0.717, 1.165) is 12.3 Å². The number of likely N-dealkylation sites (tertiary alicyclic amines) is 1. The number of rotatable bonds is 4. The number of carbonyl (C=O) groups excluding carboxylic acids is 1. The van der Waals surface area contributed by atoms with E-state index in [1.165, 1.54) is 30.6 Å². The van der Waals surface area contributed by atoms with E-state index < -0.39 is 29.6 Å². The number of benzene rings is 1. The van der Waals surface area contributed by atoms with Gasteiger partial charge in [0, 0.05) is 36.8 Å². The van der Waals surface area contributed by atoms with Crippen molar-refractivity contribution in [1.82, 2.24) is 19.9 Å². The van der Waals surface area contributed by atoms with Crippen LogP contribution < -0.4 is 4.74 Å². The van der Waals surface area contributed by atoms with Crippen LogP contribution in [0.4, 0.5) is 17.6 Å². The van der Waals surface area contributed by atoms with Gasteiger partial charge in [-0.2, -0.15) is 13.2 Å². The molecule has 2 saturated carbocycles. The van der Waals surface area contributed by atoms with E-state index in [4.69, 9.17) is 4.74 Å². The van der Waals surface area contributed by atoms with Crippen LogP contribution in [0.25, 0.3) is 11.4 Å². The SMILES string of the molecule is O=C(c1c(F)cccc1-c1ncccn1)N1CC2C3CC(Oc4ccc(C(F)(F)F)cn4)C1C32. The number of amides is 1. The van der Waals surface area contributed by atoms with Crippen molar-refractivity contribution in [2.75, 3.05) is 6.54 Å². The minimum absolute atomic E-state index is 0.0689. The zero-order chi connectivity index (χ0) is 23.6. The lowest BCUT2D eigenvalue weighted by Crippen LogP contribution is -2.45. The first-order valence-corrected chi connectivity index (χ1v) is 10.9. The summed E-state index contributed by atoms with van der Waals surface area (Å²) in [6.07, 6.45) is -0.452. The van der Waals surface area contributed by atoms with Crippen LogP contribution in [0.2, 0.25) is 0 Å². The summed E-state index contributed by atoms with van der Waals surface area (Å²) in [7, 11) is 0. The van der Waals surface area contributed by atoms with Gasteiger partial charge in [0.1, 0.15) is 11.9 Å². The quantitative estimate of drug-likeness (QED) is 0.534. The van der Waals surface area contributed by atoms with Gasteiger partial charge < -0.3 is 9.64 Å². The first-order valence-electron chi connectivity index (χ1n) is 10.9. The van der Waals surface area contributed by atoms with Gasteiger partial charge in [-0.15, -0.1) is 0 Å². The lowest BCUT2D eigenvalue weighted by molar-refractivity contribution is -0.137. The lowest BCUT2D eigenvalue weighted by Gasteiger charge is -2.30. The van der Waals surface area contributed by atoms with E-state index in [1.54, 1.807) is 17.0 Å². The van der Waals surface area contributed by atoms with E-state index in [1.807, 2.05) is 0 Å². The predicted octanol–water partition coefficient (Wildman–Crippen LogP) is 4.23. The first-order chi connectivity index (χ1) is 16.3. The molecule has 5 unspecified atom stereocenters. The Kier molecular flexibility index (Phi) is 4.62. The molecule has 1 aromatic carbocycles. The molecule has 34 heavy (non-hydrogen) atoms. The average molecular weight is 470 g/mol. The second kappa shape index (κ2) is 7.48. The second-order valence-corrected chi connectivity index (χ2v) is 8.86. The third-order valence-corrected chi connectivity index (χ3v) is 7.08. The Morgan fingerprint density at radius 2 is 1.82 bits per heavy atom. The highest BCUT2D eigenvalue weighted by Gasteiger charge is 2.70. The molecule has 5 atom stereocenters. The normalized spacial score (nSPS) is 26.9. The van der Waals surface area contributed by atoms with E-state index in [-0.39, 0.29) is 29.2 Å². The van der Waals surface area contributed by atoms with Crippen molar-refractivity contribution in [2.45, 2.75) is 24.7 Å². The minimum Gasteiger partial charge on any atom is -0.472 e. The third kappa shape index (κ3) is 3.31. The smallest absolute Gasteiger partial charge is 0.417 e. The van der Waals surface area contributed by atoms with Crippen LogP contribution in [-0.4, -0.2) is 44.4 Å². The van der Waals surface area contributed by atoms with Crippen LogP contribution in [0.5, 0.6) is 5.88 Å². The van der Waals surface area contributed by atoms with Crippen molar-refractivity contribution in [3.63, 3.8) is 0 Å². The van der Waals surface area contributed by atoms with Gasteiger partial charge in [0.2, 0.25) is 5.88 Å². The maximum absolute atomic E-state index is 14.9. The van der Waals surface area contributed by atoms with Crippen LogP contribution in [0.3, 0.4) is 0 Å². The first kappa shape index (κ1) is 21.0. The summed E-state index contributed by atoms with van der Waals surface area (Å²) in [6.45, 7) is 0.489. The molecule has 1 saturated heterocycles. The molecule has 10 heteroatoms. The monoisotopic (exact) mass is 470 g/mol. The molecule has 6 nitrogen and oxygen atoms in total. The number of aromatic nitrogens is 3. The standard InChI is InChI=1S/C24H18F4N4O2/c25-16-4-1-3-13(22-29-7-2-8-30-22)20(16)23(33)32-11-15-14-9-17(21(32)19(14)15)34-18-6-5-12(10-31-18)24(26,27)28/h1-8,10,14-15,17,19,21H,9,11H2. The zero-order valence-electron chi connectivity index (χ0n) is 17.6. The van der Waals surface area contributed by atoms with Gasteiger partial charge in [0.25, 0.3) is 5.91 Å². The van der Waals surface area contributed by atoms with Crippen LogP contribution in [0.15, 0.2) is 55.0 Å². The molecule has 1 amide bonds. The number of alkyl halides is 3. The molecule has 0 bridgehead atoms. The van der Waals surface area contributed by atoms with Crippen LogP contribution >= 0.6 is 0 Å². The van der Waals surface area contributed by atoms with Crippen LogP contribution in [0.1, 0.15) is 22.3 Å². The molecule has 174 valence electrons. The van der Waals surface area contributed by atoms with E-state index in [0.29, 0.717) is 30.4 Å². The maximum atomic E-state index is 14.9. The largest absolute Gasteiger partial charge is 0.472 e. The van der Waals surface area contributed by atoms with E-state index >= 15 is 0 Å².